The van der Waals surface area contributed by atoms with E-state index in [0.29, 0.717) is 18.0 Å². The van der Waals surface area contributed by atoms with Gasteiger partial charge in [-0.15, -0.1) is 0 Å². The fraction of sp³-hybridized carbons (Fsp3) is 0.167. The van der Waals surface area contributed by atoms with Gasteiger partial charge in [-0.2, -0.15) is 0 Å². The molecule has 124 valence electrons. The molecule has 0 amide bonds. The smallest absolute Gasteiger partial charge is 0.264 e. The number of sulfonamides is 1. The number of rotatable bonds is 6. The second-order valence-corrected chi connectivity index (χ2v) is 7.00. The van der Waals surface area contributed by atoms with Crippen LogP contribution in [0.2, 0.25) is 0 Å². The largest absolute Gasteiger partial charge is 0.424 e. The summed E-state index contributed by atoms with van der Waals surface area (Å²) in [6.45, 7) is 2.01. The number of hydrogen-bond donors (Lipinski definition) is 1. The van der Waals surface area contributed by atoms with Crippen LogP contribution in [0.5, 0.6) is 0 Å². The van der Waals surface area contributed by atoms with Gasteiger partial charge in [0, 0.05) is 12.0 Å². The van der Waals surface area contributed by atoms with Crippen molar-refractivity contribution in [2.75, 3.05) is 4.72 Å². The van der Waals surface area contributed by atoms with Gasteiger partial charge in [0.05, 0.1) is 4.90 Å². The molecule has 0 unspecified atom stereocenters. The molecule has 3 rings (SSSR count). The molecule has 0 aliphatic rings. The number of aryl methyl sites for hydroxylation is 1. The summed E-state index contributed by atoms with van der Waals surface area (Å²) in [6.07, 6.45) is 1.51. The van der Waals surface area contributed by atoms with Crippen molar-refractivity contribution in [2.45, 2.75) is 24.7 Å². The number of oxazole rings is 1. The first kappa shape index (κ1) is 16.3. The minimum Gasteiger partial charge on any atom is -0.424 e. The molecule has 0 saturated heterocycles. The maximum atomic E-state index is 12.6. The second-order valence-electron chi connectivity index (χ2n) is 5.32. The minimum absolute atomic E-state index is 0.147. The summed E-state index contributed by atoms with van der Waals surface area (Å²) in [4.78, 5) is 4.63. The van der Waals surface area contributed by atoms with Crippen molar-refractivity contribution in [1.82, 2.24) is 4.98 Å². The van der Waals surface area contributed by atoms with E-state index in [1.54, 1.807) is 18.2 Å². The van der Waals surface area contributed by atoms with Crippen LogP contribution in [-0.4, -0.2) is 13.4 Å². The van der Waals surface area contributed by atoms with E-state index in [1.165, 1.54) is 12.1 Å². The van der Waals surface area contributed by atoms with Gasteiger partial charge in [0.25, 0.3) is 10.0 Å². The van der Waals surface area contributed by atoms with Crippen LogP contribution >= 0.6 is 0 Å². The van der Waals surface area contributed by atoms with E-state index >= 15 is 0 Å². The molecule has 5 nitrogen and oxygen atoms in total. The van der Waals surface area contributed by atoms with Gasteiger partial charge in [-0.05, 0) is 18.6 Å². The highest BCUT2D eigenvalue weighted by atomic mass is 32.2. The monoisotopic (exact) mass is 342 g/mol. The fourth-order valence-electron chi connectivity index (χ4n) is 2.33. The molecule has 0 aliphatic heterocycles. The van der Waals surface area contributed by atoms with Crippen LogP contribution in [0.1, 0.15) is 19.2 Å². The number of nitrogens with one attached hydrogen (secondary N) is 1. The average molecular weight is 342 g/mol. The maximum absolute atomic E-state index is 12.6. The summed E-state index contributed by atoms with van der Waals surface area (Å²) < 4.78 is 33.3. The standard InChI is InChI=1S/C18H18N2O3S/c1-2-9-16-19-17(14-10-5-3-6-11-14)18(23-16)20-24(21,22)15-12-7-4-8-13-15/h3-8,10-13,20H,2,9H2,1H3. The molecule has 24 heavy (non-hydrogen) atoms. The van der Waals surface area contributed by atoms with E-state index in [0.717, 1.165) is 12.0 Å². The molecule has 1 N–H and O–H groups in total. The molecular formula is C18H18N2O3S. The molecule has 0 atom stereocenters. The van der Waals surface area contributed by atoms with Crippen LogP contribution in [0.4, 0.5) is 5.88 Å². The van der Waals surface area contributed by atoms with Gasteiger partial charge in [-0.25, -0.2) is 18.1 Å². The van der Waals surface area contributed by atoms with Crippen LogP contribution in [0, 0.1) is 0 Å². The third-order valence-electron chi connectivity index (χ3n) is 3.46. The van der Waals surface area contributed by atoms with Crippen molar-refractivity contribution in [3.05, 3.63) is 66.6 Å². The first-order valence-corrected chi connectivity index (χ1v) is 9.21. The van der Waals surface area contributed by atoms with Crippen molar-refractivity contribution in [2.24, 2.45) is 0 Å². The minimum atomic E-state index is -3.73. The third kappa shape index (κ3) is 3.49. The van der Waals surface area contributed by atoms with E-state index in [-0.39, 0.29) is 10.8 Å². The Morgan fingerprint density at radius 1 is 1.00 bits per heavy atom. The Bertz CT molecular complexity index is 904. The Kier molecular flexibility index (Phi) is 4.66. The summed E-state index contributed by atoms with van der Waals surface area (Å²) in [6, 6.07) is 17.6. The zero-order valence-electron chi connectivity index (χ0n) is 13.3. The van der Waals surface area contributed by atoms with Gasteiger partial charge < -0.3 is 4.42 Å². The predicted molar refractivity (Wildman–Crippen MR) is 93.2 cm³/mol. The van der Waals surface area contributed by atoms with Crippen LogP contribution in [0.15, 0.2) is 70.0 Å². The van der Waals surface area contributed by atoms with Gasteiger partial charge >= 0.3 is 0 Å². The lowest BCUT2D eigenvalue weighted by atomic mass is 10.2. The lowest BCUT2D eigenvalue weighted by Gasteiger charge is -2.06. The van der Waals surface area contributed by atoms with E-state index in [4.69, 9.17) is 4.42 Å². The average Bonchev–Trinajstić information content (AvgIpc) is 2.98. The van der Waals surface area contributed by atoms with Gasteiger partial charge in [0.2, 0.25) is 5.88 Å². The molecule has 0 saturated carbocycles. The van der Waals surface area contributed by atoms with Crippen LogP contribution in [0.25, 0.3) is 11.3 Å². The van der Waals surface area contributed by atoms with Gasteiger partial charge in [-0.1, -0.05) is 55.5 Å². The van der Waals surface area contributed by atoms with E-state index in [9.17, 15) is 8.42 Å². The highest BCUT2D eigenvalue weighted by Gasteiger charge is 2.21. The number of hydrogen-bond acceptors (Lipinski definition) is 4. The molecule has 1 aromatic heterocycles. The SMILES string of the molecule is CCCc1nc(-c2ccccc2)c(NS(=O)(=O)c2ccccc2)o1. The quantitative estimate of drug-likeness (QED) is 0.732. The molecule has 1 heterocycles. The van der Waals surface area contributed by atoms with Crippen molar-refractivity contribution in [1.29, 1.82) is 0 Å². The Hall–Kier alpha value is -2.60. The topological polar surface area (TPSA) is 72.2 Å². The van der Waals surface area contributed by atoms with Crippen molar-refractivity contribution < 1.29 is 12.8 Å². The highest BCUT2D eigenvalue weighted by molar-refractivity contribution is 7.92. The molecule has 2 aromatic carbocycles. The van der Waals surface area contributed by atoms with Crippen LogP contribution < -0.4 is 4.72 Å². The number of anilines is 1. The molecular weight excluding hydrogens is 324 g/mol. The Labute approximate surface area is 141 Å². The summed E-state index contributed by atoms with van der Waals surface area (Å²) in [7, 11) is -3.73. The first-order valence-electron chi connectivity index (χ1n) is 7.73. The zero-order chi connectivity index (χ0) is 17.0. The number of nitrogens with zero attached hydrogens (tertiary/aromatic N) is 1. The summed E-state index contributed by atoms with van der Waals surface area (Å²) >= 11 is 0. The molecule has 0 spiro atoms. The zero-order valence-corrected chi connectivity index (χ0v) is 14.1. The van der Waals surface area contributed by atoms with Gasteiger partial charge in [0.15, 0.2) is 5.89 Å². The Morgan fingerprint density at radius 2 is 1.62 bits per heavy atom. The van der Waals surface area contributed by atoms with Crippen LogP contribution in [-0.2, 0) is 16.4 Å². The lowest BCUT2D eigenvalue weighted by Crippen LogP contribution is -2.12. The number of benzene rings is 2. The van der Waals surface area contributed by atoms with Crippen molar-refractivity contribution in [3.8, 4) is 11.3 Å². The first-order chi connectivity index (χ1) is 11.6. The van der Waals surface area contributed by atoms with Crippen molar-refractivity contribution >= 4 is 15.9 Å². The van der Waals surface area contributed by atoms with Crippen LogP contribution in [0.3, 0.4) is 0 Å². The normalized spacial score (nSPS) is 11.4. The van der Waals surface area contributed by atoms with Gasteiger partial charge in [0.1, 0.15) is 5.69 Å². The maximum Gasteiger partial charge on any atom is 0.264 e. The van der Waals surface area contributed by atoms with Crippen molar-refractivity contribution in [3.63, 3.8) is 0 Å². The summed E-state index contributed by atoms with van der Waals surface area (Å²) in [5, 5.41) is 0. The predicted octanol–water partition coefficient (Wildman–Crippen LogP) is 4.09. The number of aromatic nitrogens is 1. The molecule has 6 heteroatoms. The molecule has 0 aliphatic carbocycles. The molecule has 0 radical (unpaired) electrons. The summed E-state index contributed by atoms with van der Waals surface area (Å²) in [5.41, 5.74) is 1.30. The second kappa shape index (κ2) is 6.88. The Balaban J connectivity index is 2.01. The molecule has 3 aromatic rings. The Morgan fingerprint density at radius 3 is 2.25 bits per heavy atom. The third-order valence-corrected chi connectivity index (χ3v) is 4.81. The van der Waals surface area contributed by atoms with Gasteiger partial charge in [-0.3, -0.25) is 0 Å². The fourth-order valence-corrected chi connectivity index (χ4v) is 3.34. The molecule has 0 bridgehead atoms. The highest BCUT2D eigenvalue weighted by Crippen LogP contribution is 2.30. The van der Waals surface area contributed by atoms with E-state index in [1.807, 2.05) is 37.3 Å². The molecule has 0 fully saturated rings. The summed E-state index contributed by atoms with van der Waals surface area (Å²) in [5.74, 6) is 0.663. The van der Waals surface area contributed by atoms with E-state index < -0.39 is 10.0 Å². The van der Waals surface area contributed by atoms with E-state index in [2.05, 4.69) is 9.71 Å². The lowest BCUT2D eigenvalue weighted by molar-refractivity contribution is 0.505.